The van der Waals surface area contributed by atoms with Crippen LogP contribution in [0.5, 0.6) is 0 Å². The molecular weight excluding hydrogens is 322 g/mol. The minimum atomic E-state index is -0.450. The molecule has 2 aromatic rings. The van der Waals surface area contributed by atoms with Crippen molar-refractivity contribution in [3.63, 3.8) is 0 Å². The summed E-state index contributed by atoms with van der Waals surface area (Å²) in [6.45, 7) is 8.55. The molecule has 1 amide bonds. The van der Waals surface area contributed by atoms with Gasteiger partial charge < -0.3 is 14.5 Å². The van der Waals surface area contributed by atoms with E-state index in [4.69, 9.17) is 4.74 Å². The van der Waals surface area contributed by atoms with Gasteiger partial charge in [0.05, 0.1) is 4.88 Å². The first-order valence-corrected chi connectivity index (χ1v) is 8.98. The van der Waals surface area contributed by atoms with Gasteiger partial charge in [-0.25, -0.2) is 9.78 Å². The third-order valence-corrected chi connectivity index (χ3v) is 4.86. The zero-order valence-corrected chi connectivity index (χ0v) is 15.2. The van der Waals surface area contributed by atoms with E-state index >= 15 is 0 Å². The second-order valence-corrected chi connectivity index (χ2v) is 7.84. The highest BCUT2D eigenvalue weighted by Crippen LogP contribution is 2.31. The van der Waals surface area contributed by atoms with Gasteiger partial charge in [-0.3, -0.25) is 0 Å². The zero-order valence-electron chi connectivity index (χ0n) is 14.4. The van der Waals surface area contributed by atoms with Crippen molar-refractivity contribution in [2.24, 2.45) is 0 Å². The highest BCUT2D eigenvalue weighted by Gasteiger charge is 2.26. The van der Waals surface area contributed by atoms with Gasteiger partial charge in [0, 0.05) is 32.4 Å². The second kappa shape index (κ2) is 6.81. The lowest BCUT2D eigenvalue weighted by Crippen LogP contribution is -2.50. The Morgan fingerprint density at radius 2 is 1.79 bits per heavy atom. The van der Waals surface area contributed by atoms with Crippen LogP contribution in [0.2, 0.25) is 0 Å². The number of carbonyl (C=O) groups excluding carboxylic acids is 1. The second-order valence-electron chi connectivity index (χ2n) is 6.83. The number of anilines is 1. The topological polar surface area (TPSA) is 45.7 Å². The third kappa shape index (κ3) is 4.06. The number of piperazine rings is 1. The Labute approximate surface area is 146 Å². The summed E-state index contributed by atoms with van der Waals surface area (Å²) in [5.74, 6) is 0. The van der Waals surface area contributed by atoms with Crippen LogP contribution in [0, 0.1) is 0 Å². The molecule has 5 nitrogen and oxygen atoms in total. The fraction of sp³-hybridized carbons (Fsp3) is 0.444. The molecule has 0 atom stereocenters. The molecule has 24 heavy (non-hydrogen) atoms. The normalized spacial score (nSPS) is 15.5. The minimum Gasteiger partial charge on any atom is -0.444 e. The molecule has 1 saturated heterocycles. The van der Waals surface area contributed by atoms with Gasteiger partial charge in [0.15, 0.2) is 5.13 Å². The number of benzene rings is 1. The van der Waals surface area contributed by atoms with Gasteiger partial charge in [-0.15, -0.1) is 0 Å². The van der Waals surface area contributed by atoms with Crippen LogP contribution in [0.4, 0.5) is 9.93 Å². The number of ether oxygens (including phenoxy) is 1. The molecule has 1 aromatic heterocycles. The van der Waals surface area contributed by atoms with Crippen LogP contribution in [0.3, 0.4) is 0 Å². The van der Waals surface area contributed by atoms with E-state index in [2.05, 4.69) is 22.0 Å². The number of hydrogen-bond donors (Lipinski definition) is 0. The summed E-state index contributed by atoms with van der Waals surface area (Å²) in [5, 5.41) is 1.01. The van der Waals surface area contributed by atoms with Gasteiger partial charge >= 0.3 is 6.09 Å². The van der Waals surface area contributed by atoms with Crippen molar-refractivity contribution in [3.05, 3.63) is 36.5 Å². The van der Waals surface area contributed by atoms with Crippen molar-refractivity contribution in [3.8, 4) is 10.4 Å². The van der Waals surface area contributed by atoms with Gasteiger partial charge in [0.1, 0.15) is 5.60 Å². The van der Waals surface area contributed by atoms with E-state index in [0.29, 0.717) is 13.1 Å². The van der Waals surface area contributed by atoms with Crippen LogP contribution < -0.4 is 4.90 Å². The molecule has 1 aliphatic rings. The third-order valence-electron chi connectivity index (χ3n) is 3.75. The molecule has 3 rings (SSSR count). The molecular formula is C18H23N3O2S. The van der Waals surface area contributed by atoms with Crippen LogP contribution >= 0.6 is 11.3 Å². The molecule has 0 bridgehead atoms. The number of rotatable bonds is 2. The minimum absolute atomic E-state index is 0.230. The van der Waals surface area contributed by atoms with Crippen molar-refractivity contribution >= 4 is 22.6 Å². The first-order chi connectivity index (χ1) is 11.4. The highest BCUT2D eigenvalue weighted by atomic mass is 32.1. The number of amides is 1. The van der Waals surface area contributed by atoms with Gasteiger partial charge in [0.25, 0.3) is 0 Å². The maximum Gasteiger partial charge on any atom is 0.410 e. The molecule has 6 heteroatoms. The van der Waals surface area contributed by atoms with E-state index in [-0.39, 0.29) is 6.09 Å². The fourth-order valence-electron chi connectivity index (χ4n) is 2.55. The molecule has 1 aliphatic heterocycles. The van der Waals surface area contributed by atoms with E-state index < -0.39 is 5.60 Å². The van der Waals surface area contributed by atoms with Gasteiger partial charge in [0.2, 0.25) is 0 Å². The molecule has 1 fully saturated rings. The monoisotopic (exact) mass is 345 g/mol. The van der Waals surface area contributed by atoms with E-state index in [9.17, 15) is 4.79 Å². The Morgan fingerprint density at radius 3 is 2.42 bits per heavy atom. The Morgan fingerprint density at radius 1 is 1.12 bits per heavy atom. The van der Waals surface area contributed by atoms with Crippen molar-refractivity contribution in [1.82, 2.24) is 9.88 Å². The van der Waals surface area contributed by atoms with E-state index in [1.165, 1.54) is 10.4 Å². The lowest BCUT2D eigenvalue weighted by Gasteiger charge is -2.35. The Balaban J connectivity index is 1.59. The summed E-state index contributed by atoms with van der Waals surface area (Å²) >= 11 is 1.69. The molecule has 0 saturated carbocycles. The molecule has 0 unspecified atom stereocenters. The Kier molecular flexibility index (Phi) is 4.76. The molecule has 1 aromatic carbocycles. The standard InChI is InChI=1S/C18H23N3O2S/c1-18(2,3)23-17(22)21-11-9-20(10-12-21)16-19-13-15(24-16)14-7-5-4-6-8-14/h4-8,13H,9-12H2,1-3H3. The highest BCUT2D eigenvalue weighted by molar-refractivity contribution is 7.18. The Hall–Kier alpha value is -2.08. The lowest BCUT2D eigenvalue weighted by molar-refractivity contribution is 0.0240. The van der Waals surface area contributed by atoms with Crippen LogP contribution in [0.15, 0.2) is 36.5 Å². The maximum absolute atomic E-state index is 12.1. The lowest BCUT2D eigenvalue weighted by atomic mass is 10.2. The smallest absolute Gasteiger partial charge is 0.410 e. The van der Waals surface area contributed by atoms with Crippen LogP contribution in [-0.4, -0.2) is 47.8 Å². The fourth-order valence-corrected chi connectivity index (χ4v) is 3.53. The number of hydrogen-bond acceptors (Lipinski definition) is 5. The quantitative estimate of drug-likeness (QED) is 0.829. The van der Waals surface area contributed by atoms with Crippen LogP contribution in [-0.2, 0) is 4.74 Å². The van der Waals surface area contributed by atoms with Crippen LogP contribution in [0.1, 0.15) is 20.8 Å². The summed E-state index contributed by atoms with van der Waals surface area (Å²) in [7, 11) is 0. The van der Waals surface area contributed by atoms with Gasteiger partial charge in [-0.1, -0.05) is 41.7 Å². The summed E-state index contributed by atoms with van der Waals surface area (Å²) in [4.78, 5) is 21.8. The summed E-state index contributed by atoms with van der Waals surface area (Å²) < 4.78 is 5.44. The SMILES string of the molecule is CC(C)(C)OC(=O)N1CCN(c2ncc(-c3ccccc3)s2)CC1. The zero-order chi connectivity index (χ0) is 17.2. The molecule has 0 spiro atoms. The van der Waals surface area contributed by atoms with E-state index in [0.717, 1.165) is 18.2 Å². The average molecular weight is 345 g/mol. The Bertz CT molecular complexity index is 686. The first kappa shape index (κ1) is 16.8. The first-order valence-electron chi connectivity index (χ1n) is 8.16. The molecule has 0 N–H and O–H groups in total. The number of thiazole rings is 1. The van der Waals surface area contributed by atoms with Crippen molar-refractivity contribution in [1.29, 1.82) is 0 Å². The summed E-state index contributed by atoms with van der Waals surface area (Å²) in [6, 6.07) is 10.3. The largest absolute Gasteiger partial charge is 0.444 e. The van der Waals surface area contributed by atoms with Crippen molar-refractivity contribution < 1.29 is 9.53 Å². The number of carbonyl (C=O) groups is 1. The molecule has 0 radical (unpaired) electrons. The van der Waals surface area contributed by atoms with Crippen LogP contribution in [0.25, 0.3) is 10.4 Å². The van der Waals surface area contributed by atoms with Crippen molar-refractivity contribution in [2.75, 3.05) is 31.1 Å². The van der Waals surface area contributed by atoms with Gasteiger partial charge in [-0.05, 0) is 26.3 Å². The van der Waals surface area contributed by atoms with E-state index in [1.54, 1.807) is 16.2 Å². The molecule has 128 valence electrons. The van der Waals surface area contributed by atoms with Crippen molar-refractivity contribution in [2.45, 2.75) is 26.4 Å². The number of aromatic nitrogens is 1. The maximum atomic E-state index is 12.1. The number of nitrogens with zero attached hydrogens (tertiary/aromatic N) is 3. The summed E-state index contributed by atoms with van der Waals surface area (Å²) in [5.41, 5.74) is 0.738. The predicted molar refractivity (Wildman–Crippen MR) is 97.6 cm³/mol. The predicted octanol–water partition coefficient (Wildman–Crippen LogP) is 3.87. The molecule has 2 heterocycles. The summed E-state index contributed by atoms with van der Waals surface area (Å²) in [6.07, 6.45) is 1.70. The molecule has 0 aliphatic carbocycles. The van der Waals surface area contributed by atoms with E-state index in [1.807, 2.05) is 45.2 Å². The van der Waals surface area contributed by atoms with Gasteiger partial charge in [-0.2, -0.15) is 0 Å². The average Bonchev–Trinajstić information content (AvgIpc) is 3.04.